The predicted molar refractivity (Wildman–Crippen MR) is 74.1 cm³/mol. The quantitative estimate of drug-likeness (QED) is 0.754. The van der Waals surface area contributed by atoms with Gasteiger partial charge in [-0.1, -0.05) is 48.5 Å². The fourth-order valence-corrected chi connectivity index (χ4v) is 2.21. The number of para-hydroxylation sites is 1. The number of carbonyl (C=O) groups is 1. The summed E-state index contributed by atoms with van der Waals surface area (Å²) < 4.78 is 0. The minimum atomic E-state index is -0.933. The second-order valence-corrected chi connectivity index (χ2v) is 4.23. The fourth-order valence-electron chi connectivity index (χ4n) is 2.21. The lowest BCUT2D eigenvalue weighted by Gasteiger charge is -2.07. The molecular weight excluding hydrogens is 238 g/mol. The van der Waals surface area contributed by atoms with Gasteiger partial charge in [0.2, 0.25) is 0 Å². The monoisotopic (exact) mass is 249 g/mol. The molecular formula is C16H11NO2. The maximum Gasteiger partial charge on any atom is 0.336 e. The van der Waals surface area contributed by atoms with Gasteiger partial charge in [-0.15, -0.1) is 0 Å². The predicted octanol–water partition coefficient (Wildman–Crippen LogP) is 3.60. The molecule has 3 aromatic rings. The first-order chi connectivity index (χ1) is 9.27. The normalized spacial score (nSPS) is 10.5. The number of fused-ring (bicyclic) bond motifs is 1. The Bertz CT molecular complexity index is 751. The van der Waals surface area contributed by atoms with Gasteiger partial charge in [-0.2, -0.15) is 0 Å². The van der Waals surface area contributed by atoms with Crippen LogP contribution in [0, 0.1) is 0 Å². The van der Waals surface area contributed by atoms with Gasteiger partial charge >= 0.3 is 5.97 Å². The smallest absolute Gasteiger partial charge is 0.336 e. The van der Waals surface area contributed by atoms with Crippen LogP contribution < -0.4 is 0 Å². The lowest BCUT2D eigenvalue weighted by atomic mass is 10.00. The summed E-state index contributed by atoms with van der Waals surface area (Å²) >= 11 is 0. The van der Waals surface area contributed by atoms with Crippen molar-refractivity contribution in [3.63, 3.8) is 0 Å². The zero-order valence-electron chi connectivity index (χ0n) is 10.1. The summed E-state index contributed by atoms with van der Waals surface area (Å²) in [5, 5.41) is 9.88. The van der Waals surface area contributed by atoms with E-state index < -0.39 is 5.97 Å². The molecule has 0 amide bonds. The number of nitrogens with zero attached hydrogens (tertiary/aromatic N) is 1. The van der Waals surface area contributed by atoms with E-state index in [-0.39, 0.29) is 5.56 Å². The van der Waals surface area contributed by atoms with E-state index in [2.05, 4.69) is 4.98 Å². The maximum absolute atomic E-state index is 11.2. The van der Waals surface area contributed by atoms with Gasteiger partial charge in [0.1, 0.15) is 0 Å². The molecule has 0 aliphatic rings. The zero-order chi connectivity index (χ0) is 13.2. The third-order valence-electron chi connectivity index (χ3n) is 3.09. The van der Waals surface area contributed by atoms with Gasteiger partial charge in [0, 0.05) is 17.1 Å². The van der Waals surface area contributed by atoms with Crippen LogP contribution in [0.4, 0.5) is 0 Å². The van der Waals surface area contributed by atoms with Crippen molar-refractivity contribution in [1.29, 1.82) is 0 Å². The SMILES string of the molecule is O=C(O)c1ccnc2c(-c3ccccc3)cccc12. The van der Waals surface area contributed by atoms with E-state index in [0.29, 0.717) is 10.9 Å². The molecule has 1 aromatic heterocycles. The highest BCUT2D eigenvalue weighted by atomic mass is 16.4. The largest absolute Gasteiger partial charge is 0.478 e. The Morgan fingerprint density at radius 2 is 1.74 bits per heavy atom. The van der Waals surface area contributed by atoms with E-state index in [0.717, 1.165) is 11.1 Å². The van der Waals surface area contributed by atoms with Crippen LogP contribution in [0.25, 0.3) is 22.0 Å². The molecule has 0 atom stereocenters. The van der Waals surface area contributed by atoms with E-state index in [1.165, 1.54) is 12.3 Å². The second-order valence-electron chi connectivity index (χ2n) is 4.23. The number of aromatic nitrogens is 1. The molecule has 0 spiro atoms. The number of carboxylic acid groups (broad SMARTS) is 1. The third kappa shape index (κ3) is 1.95. The van der Waals surface area contributed by atoms with Gasteiger partial charge < -0.3 is 5.11 Å². The Labute approximate surface area is 110 Å². The summed E-state index contributed by atoms with van der Waals surface area (Å²) in [6, 6.07) is 17.0. The molecule has 2 aromatic carbocycles. The first kappa shape index (κ1) is 11.4. The molecule has 3 nitrogen and oxygen atoms in total. The summed E-state index contributed by atoms with van der Waals surface area (Å²) in [6.07, 6.45) is 1.54. The Morgan fingerprint density at radius 1 is 0.947 bits per heavy atom. The van der Waals surface area contributed by atoms with Crippen LogP contribution in [0.3, 0.4) is 0 Å². The molecule has 0 unspecified atom stereocenters. The summed E-state index contributed by atoms with van der Waals surface area (Å²) in [5.74, 6) is -0.933. The standard InChI is InChI=1S/C16H11NO2/c18-16(19)14-9-10-17-15-12(7-4-8-13(14)15)11-5-2-1-3-6-11/h1-10H,(H,18,19). The van der Waals surface area contributed by atoms with E-state index >= 15 is 0 Å². The van der Waals surface area contributed by atoms with Gasteiger partial charge in [-0.25, -0.2) is 4.79 Å². The number of carboxylic acids is 1. The minimum Gasteiger partial charge on any atom is -0.478 e. The maximum atomic E-state index is 11.2. The average molecular weight is 249 g/mol. The summed E-state index contributed by atoms with van der Waals surface area (Å²) in [6.45, 7) is 0. The molecule has 1 N–H and O–H groups in total. The molecule has 19 heavy (non-hydrogen) atoms. The topological polar surface area (TPSA) is 50.2 Å². The van der Waals surface area contributed by atoms with Gasteiger partial charge in [0.15, 0.2) is 0 Å². The Balaban J connectivity index is 2.34. The Hall–Kier alpha value is -2.68. The van der Waals surface area contributed by atoms with Crippen LogP contribution in [-0.4, -0.2) is 16.1 Å². The van der Waals surface area contributed by atoms with Crippen molar-refractivity contribution in [2.24, 2.45) is 0 Å². The van der Waals surface area contributed by atoms with Crippen LogP contribution >= 0.6 is 0 Å². The van der Waals surface area contributed by atoms with Crippen molar-refractivity contribution in [3.05, 3.63) is 66.4 Å². The summed E-state index contributed by atoms with van der Waals surface area (Å²) in [5.41, 5.74) is 2.97. The zero-order valence-corrected chi connectivity index (χ0v) is 10.1. The van der Waals surface area contributed by atoms with Crippen molar-refractivity contribution < 1.29 is 9.90 Å². The van der Waals surface area contributed by atoms with Crippen LogP contribution in [0.2, 0.25) is 0 Å². The molecule has 0 saturated carbocycles. The highest BCUT2D eigenvalue weighted by Gasteiger charge is 2.11. The first-order valence-corrected chi connectivity index (χ1v) is 5.94. The van der Waals surface area contributed by atoms with Crippen molar-refractivity contribution >= 4 is 16.9 Å². The fraction of sp³-hybridized carbons (Fsp3) is 0. The van der Waals surface area contributed by atoms with Crippen LogP contribution in [0.5, 0.6) is 0 Å². The molecule has 3 rings (SSSR count). The molecule has 0 saturated heterocycles. The number of hydrogen-bond donors (Lipinski definition) is 1. The lowest BCUT2D eigenvalue weighted by molar-refractivity contribution is 0.0699. The Kier molecular flexibility index (Phi) is 2.72. The molecule has 0 fully saturated rings. The average Bonchev–Trinajstić information content (AvgIpc) is 2.46. The van der Waals surface area contributed by atoms with Gasteiger partial charge in [-0.3, -0.25) is 4.98 Å². The minimum absolute atomic E-state index is 0.280. The highest BCUT2D eigenvalue weighted by Crippen LogP contribution is 2.28. The third-order valence-corrected chi connectivity index (χ3v) is 3.09. The first-order valence-electron chi connectivity index (χ1n) is 5.94. The molecule has 0 aliphatic heterocycles. The van der Waals surface area contributed by atoms with E-state index in [9.17, 15) is 9.90 Å². The van der Waals surface area contributed by atoms with Crippen molar-refractivity contribution in [1.82, 2.24) is 4.98 Å². The summed E-state index contributed by atoms with van der Waals surface area (Å²) in [7, 11) is 0. The molecule has 0 bridgehead atoms. The molecule has 1 heterocycles. The second kappa shape index (κ2) is 4.53. The van der Waals surface area contributed by atoms with E-state index in [1.807, 2.05) is 42.5 Å². The molecule has 0 aliphatic carbocycles. The number of pyridine rings is 1. The number of rotatable bonds is 2. The highest BCUT2D eigenvalue weighted by molar-refractivity contribution is 6.06. The molecule has 0 radical (unpaired) electrons. The van der Waals surface area contributed by atoms with Crippen LogP contribution in [0.1, 0.15) is 10.4 Å². The number of benzene rings is 2. The van der Waals surface area contributed by atoms with Crippen LogP contribution in [-0.2, 0) is 0 Å². The van der Waals surface area contributed by atoms with Crippen molar-refractivity contribution in [2.75, 3.05) is 0 Å². The molecule has 3 heteroatoms. The Morgan fingerprint density at radius 3 is 2.47 bits per heavy atom. The number of hydrogen-bond acceptors (Lipinski definition) is 2. The number of aromatic carboxylic acids is 1. The van der Waals surface area contributed by atoms with Crippen molar-refractivity contribution in [2.45, 2.75) is 0 Å². The molecule has 92 valence electrons. The lowest BCUT2D eigenvalue weighted by Crippen LogP contribution is -1.98. The van der Waals surface area contributed by atoms with E-state index in [4.69, 9.17) is 0 Å². The van der Waals surface area contributed by atoms with E-state index in [1.54, 1.807) is 6.07 Å². The van der Waals surface area contributed by atoms with Crippen LogP contribution in [0.15, 0.2) is 60.8 Å². The van der Waals surface area contributed by atoms with Crippen molar-refractivity contribution in [3.8, 4) is 11.1 Å². The van der Waals surface area contributed by atoms with Gasteiger partial charge in [0.25, 0.3) is 0 Å². The summed E-state index contributed by atoms with van der Waals surface area (Å²) in [4.78, 5) is 15.6. The van der Waals surface area contributed by atoms with Gasteiger partial charge in [-0.05, 0) is 11.6 Å². The van der Waals surface area contributed by atoms with Gasteiger partial charge in [0.05, 0.1) is 11.1 Å².